The van der Waals surface area contributed by atoms with Crippen molar-refractivity contribution in [2.75, 3.05) is 31.1 Å². The summed E-state index contributed by atoms with van der Waals surface area (Å²) < 4.78 is 5.33. The van der Waals surface area contributed by atoms with E-state index in [9.17, 15) is 9.90 Å². The molecular weight excluding hydrogens is 280 g/mol. The van der Waals surface area contributed by atoms with Gasteiger partial charge in [0.15, 0.2) is 0 Å². The maximum Gasteiger partial charge on any atom is 0.257 e. The van der Waals surface area contributed by atoms with Gasteiger partial charge in [0.1, 0.15) is 11.5 Å². The Labute approximate surface area is 129 Å². The molecule has 1 aromatic heterocycles. The van der Waals surface area contributed by atoms with Crippen LogP contribution in [0, 0.1) is 13.8 Å². The Morgan fingerprint density at radius 3 is 2.27 bits per heavy atom. The largest absolute Gasteiger partial charge is 0.508 e. The van der Waals surface area contributed by atoms with Crippen molar-refractivity contribution < 1.29 is 14.3 Å². The molecule has 2 heterocycles. The number of rotatable bonds is 2. The molecule has 1 aromatic carbocycles. The van der Waals surface area contributed by atoms with Crippen LogP contribution in [0.4, 0.5) is 5.69 Å². The lowest BCUT2D eigenvalue weighted by molar-refractivity contribution is 0.0744. The highest BCUT2D eigenvalue weighted by molar-refractivity contribution is 5.96. The zero-order valence-electron chi connectivity index (χ0n) is 12.9. The molecule has 22 heavy (non-hydrogen) atoms. The summed E-state index contributed by atoms with van der Waals surface area (Å²) in [5, 5.41) is 9.35. The van der Waals surface area contributed by atoms with E-state index in [4.69, 9.17) is 4.42 Å². The van der Waals surface area contributed by atoms with Crippen molar-refractivity contribution in [1.82, 2.24) is 4.90 Å². The molecule has 0 aliphatic carbocycles. The fraction of sp³-hybridized carbons (Fsp3) is 0.353. The first kappa shape index (κ1) is 14.5. The first-order valence-corrected chi connectivity index (χ1v) is 7.44. The summed E-state index contributed by atoms with van der Waals surface area (Å²) in [6, 6.07) is 7.17. The SMILES string of the molecule is Cc1coc(C)c1C(=O)N1CCN(c2ccc(O)cc2)CC1. The van der Waals surface area contributed by atoms with Gasteiger partial charge in [-0.1, -0.05) is 0 Å². The lowest BCUT2D eigenvalue weighted by Gasteiger charge is -2.36. The van der Waals surface area contributed by atoms with E-state index >= 15 is 0 Å². The second kappa shape index (κ2) is 5.75. The minimum atomic E-state index is 0.0501. The summed E-state index contributed by atoms with van der Waals surface area (Å²) in [5.74, 6) is 1.00. The summed E-state index contributed by atoms with van der Waals surface area (Å²) in [6.07, 6.45) is 1.63. The number of piperazine rings is 1. The lowest BCUT2D eigenvalue weighted by atomic mass is 10.1. The molecule has 0 radical (unpaired) electrons. The predicted molar refractivity (Wildman–Crippen MR) is 84.4 cm³/mol. The van der Waals surface area contributed by atoms with Crippen molar-refractivity contribution in [3.8, 4) is 5.75 Å². The number of carbonyl (C=O) groups is 1. The van der Waals surface area contributed by atoms with E-state index in [1.165, 1.54) is 0 Å². The Kier molecular flexibility index (Phi) is 3.79. The van der Waals surface area contributed by atoms with Crippen molar-refractivity contribution in [2.24, 2.45) is 0 Å². The number of phenols is 1. The topological polar surface area (TPSA) is 56.9 Å². The van der Waals surface area contributed by atoms with Gasteiger partial charge in [-0.3, -0.25) is 4.79 Å². The second-order valence-corrected chi connectivity index (χ2v) is 5.65. The number of amides is 1. The van der Waals surface area contributed by atoms with Crippen LogP contribution in [0.2, 0.25) is 0 Å². The normalized spacial score (nSPS) is 15.2. The average molecular weight is 300 g/mol. The molecule has 1 amide bonds. The van der Waals surface area contributed by atoms with Crippen LogP contribution in [0.15, 0.2) is 34.9 Å². The summed E-state index contributed by atoms with van der Waals surface area (Å²) in [5.41, 5.74) is 2.65. The Bertz CT molecular complexity index is 648. The number of furan rings is 1. The Morgan fingerprint density at radius 2 is 1.73 bits per heavy atom. The average Bonchev–Trinajstić information content (AvgIpc) is 2.86. The van der Waals surface area contributed by atoms with Gasteiger partial charge in [0.25, 0.3) is 5.91 Å². The fourth-order valence-corrected chi connectivity index (χ4v) is 2.88. The Morgan fingerprint density at radius 1 is 1.09 bits per heavy atom. The highest BCUT2D eigenvalue weighted by Gasteiger charge is 2.25. The molecular formula is C17H20N2O3. The third-order valence-electron chi connectivity index (χ3n) is 4.15. The lowest BCUT2D eigenvalue weighted by Crippen LogP contribution is -2.49. The van der Waals surface area contributed by atoms with E-state index in [0.29, 0.717) is 24.4 Å². The number of nitrogens with zero attached hydrogens (tertiary/aromatic N) is 2. The van der Waals surface area contributed by atoms with E-state index in [1.54, 1.807) is 18.4 Å². The number of carbonyl (C=O) groups excluding carboxylic acids is 1. The van der Waals surface area contributed by atoms with Crippen LogP contribution in [0.5, 0.6) is 5.75 Å². The number of aromatic hydroxyl groups is 1. The van der Waals surface area contributed by atoms with E-state index in [2.05, 4.69) is 4.90 Å². The van der Waals surface area contributed by atoms with Gasteiger partial charge in [0.2, 0.25) is 0 Å². The van der Waals surface area contributed by atoms with Gasteiger partial charge in [0.05, 0.1) is 11.8 Å². The van der Waals surface area contributed by atoms with Gasteiger partial charge in [-0.05, 0) is 38.1 Å². The quantitative estimate of drug-likeness (QED) is 0.926. The number of phenolic OH excluding ortho intramolecular Hbond substituents is 1. The number of benzene rings is 1. The van der Waals surface area contributed by atoms with Gasteiger partial charge < -0.3 is 19.3 Å². The van der Waals surface area contributed by atoms with E-state index in [-0.39, 0.29) is 11.7 Å². The summed E-state index contributed by atoms with van der Waals surface area (Å²) in [4.78, 5) is 16.7. The molecule has 5 heteroatoms. The van der Waals surface area contributed by atoms with Crippen LogP contribution in [0.3, 0.4) is 0 Å². The molecule has 116 valence electrons. The molecule has 1 N–H and O–H groups in total. The fourth-order valence-electron chi connectivity index (χ4n) is 2.88. The van der Waals surface area contributed by atoms with Crippen molar-refractivity contribution in [3.63, 3.8) is 0 Å². The molecule has 3 rings (SSSR count). The third kappa shape index (κ3) is 2.66. The van der Waals surface area contributed by atoms with Gasteiger partial charge in [-0.2, -0.15) is 0 Å². The number of hydrogen-bond acceptors (Lipinski definition) is 4. The number of hydrogen-bond donors (Lipinski definition) is 1. The standard InChI is InChI=1S/C17H20N2O3/c1-12-11-22-13(2)16(12)17(21)19-9-7-18(8-10-19)14-3-5-15(20)6-4-14/h3-6,11,20H,7-10H2,1-2H3. The van der Waals surface area contributed by atoms with Crippen LogP contribution in [0.1, 0.15) is 21.7 Å². The molecule has 5 nitrogen and oxygen atoms in total. The molecule has 0 saturated carbocycles. The number of aryl methyl sites for hydroxylation is 2. The summed E-state index contributed by atoms with van der Waals surface area (Å²) in [6.45, 7) is 6.66. The summed E-state index contributed by atoms with van der Waals surface area (Å²) >= 11 is 0. The zero-order chi connectivity index (χ0) is 15.7. The predicted octanol–water partition coefficient (Wildman–Crippen LogP) is 2.56. The minimum Gasteiger partial charge on any atom is -0.508 e. The highest BCUT2D eigenvalue weighted by Crippen LogP contribution is 2.22. The Balaban J connectivity index is 1.67. The molecule has 0 unspecified atom stereocenters. The van der Waals surface area contributed by atoms with E-state index in [0.717, 1.165) is 24.3 Å². The van der Waals surface area contributed by atoms with Crippen LogP contribution >= 0.6 is 0 Å². The van der Waals surface area contributed by atoms with Crippen LogP contribution in [0.25, 0.3) is 0 Å². The Hall–Kier alpha value is -2.43. The van der Waals surface area contributed by atoms with Gasteiger partial charge in [0, 0.05) is 37.4 Å². The zero-order valence-corrected chi connectivity index (χ0v) is 12.9. The monoisotopic (exact) mass is 300 g/mol. The minimum absolute atomic E-state index is 0.0501. The van der Waals surface area contributed by atoms with Gasteiger partial charge >= 0.3 is 0 Å². The van der Waals surface area contributed by atoms with E-state index in [1.807, 2.05) is 30.9 Å². The molecule has 1 aliphatic heterocycles. The van der Waals surface area contributed by atoms with Crippen LogP contribution in [-0.2, 0) is 0 Å². The van der Waals surface area contributed by atoms with Crippen molar-refractivity contribution >= 4 is 11.6 Å². The third-order valence-corrected chi connectivity index (χ3v) is 4.15. The van der Waals surface area contributed by atoms with Gasteiger partial charge in [-0.15, -0.1) is 0 Å². The van der Waals surface area contributed by atoms with Crippen LogP contribution in [-0.4, -0.2) is 42.1 Å². The van der Waals surface area contributed by atoms with Crippen molar-refractivity contribution in [3.05, 3.63) is 47.4 Å². The number of anilines is 1. The molecule has 0 spiro atoms. The molecule has 1 aliphatic rings. The second-order valence-electron chi connectivity index (χ2n) is 5.65. The molecule has 1 saturated heterocycles. The first-order chi connectivity index (χ1) is 10.6. The summed E-state index contributed by atoms with van der Waals surface area (Å²) in [7, 11) is 0. The van der Waals surface area contributed by atoms with Crippen LogP contribution < -0.4 is 4.90 Å². The molecule has 0 atom stereocenters. The molecule has 2 aromatic rings. The van der Waals surface area contributed by atoms with Crippen molar-refractivity contribution in [2.45, 2.75) is 13.8 Å². The van der Waals surface area contributed by atoms with Gasteiger partial charge in [-0.25, -0.2) is 0 Å². The maximum atomic E-state index is 12.6. The van der Waals surface area contributed by atoms with Crippen molar-refractivity contribution in [1.29, 1.82) is 0 Å². The first-order valence-electron chi connectivity index (χ1n) is 7.44. The maximum absolute atomic E-state index is 12.6. The molecule has 0 bridgehead atoms. The van der Waals surface area contributed by atoms with E-state index < -0.39 is 0 Å². The smallest absolute Gasteiger partial charge is 0.257 e. The highest BCUT2D eigenvalue weighted by atomic mass is 16.3. The molecule has 1 fully saturated rings.